The van der Waals surface area contributed by atoms with Crippen molar-refractivity contribution in [1.82, 2.24) is 19.7 Å². The van der Waals surface area contributed by atoms with Crippen molar-refractivity contribution in [2.24, 2.45) is 0 Å². The van der Waals surface area contributed by atoms with Gasteiger partial charge in [-0.15, -0.1) is 10.2 Å². The Morgan fingerprint density at radius 2 is 2.06 bits per heavy atom. The van der Waals surface area contributed by atoms with Gasteiger partial charge in [-0.3, -0.25) is 4.79 Å². The summed E-state index contributed by atoms with van der Waals surface area (Å²) in [5, 5.41) is 13.1. The van der Waals surface area contributed by atoms with Gasteiger partial charge in [0.15, 0.2) is 5.65 Å². The minimum atomic E-state index is -0.452. The lowest BCUT2D eigenvalue weighted by atomic mass is 10.2. The number of hydrogen-bond donors (Lipinski definition) is 1. The van der Waals surface area contributed by atoms with E-state index < -0.39 is 5.25 Å². The zero-order valence-corrected chi connectivity index (χ0v) is 19.0. The van der Waals surface area contributed by atoms with E-state index in [1.54, 1.807) is 32.2 Å². The van der Waals surface area contributed by atoms with E-state index in [2.05, 4.69) is 33.1 Å². The normalized spacial score (nSPS) is 12.3. The number of halogens is 1. The van der Waals surface area contributed by atoms with Gasteiger partial charge in [0.05, 0.1) is 23.6 Å². The number of aryl methyl sites for hydroxylation is 1. The zero-order valence-electron chi connectivity index (χ0n) is 17.4. The van der Waals surface area contributed by atoms with E-state index in [-0.39, 0.29) is 5.91 Å². The highest BCUT2D eigenvalue weighted by Gasteiger charge is 2.20. The molecular weight excluding hydrogens is 434 g/mol. The summed E-state index contributed by atoms with van der Waals surface area (Å²) in [7, 11) is 1.54. The lowest BCUT2D eigenvalue weighted by Gasteiger charge is -2.14. The molecule has 0 radical (unpaired) electrons. The summed E-state index contributed by atoms with van der Waals surface area (Å²) < 4.78 is 7.45. The molecule has 1 unspecified atom stereocenters. The first-order chi connectivity index (χ1) is 15.0. The van der Waals surface area contributed by atoms with Crippen LogP contribution in [-0.4, -0.2) is 38.0 Å². The number of hydrogen-bond acceptors (Lipinski definition) is 6. The lowest BCUT2D eigenvalue weighted by Crippen LogP contribution is -2.23. The quantitative estimate of drug-likeness (QED) is 0.387. The van der Waals surface area contributed by atoms with Crippen LogP contribution in [-0.2, 0) is 11.3 Å². The van der Waals surface area contributed by atoms with Crippen LogP contribution in [0.3, 0.4) is 0 Å². The number of para-hydroxylation sites is 1. The van der Waals surface area contributed by atoms with Crippen molar-refractivity contribution < 1.29 is 9.53 Å². The molecule has 0 aliphatic rings. The average molecular weight is 456 g/mol. The number of fused-ring (bicyclic) bond motifs is 3. The Kier molecular flexibility index (Phi) is 6.29. The highest BCUT2D eigenvalue weighted by Crippen LogP contribution is 2.30. The molecule has 0 aliphatic heterocycles. The second kappa shape index (κ2) is 9.11. The van der Waals surface area contributed by atoms with Gasteiger partial charge in [-0.1, -0.05) is 48.5 Å². The fourth-order valence-electron chi connectivity index (χ4n) is 3.41. The summed E-state index contributed by atoms with van der Waals surface area (Å²) in [6.45, 7) is 4.75. The minimum Gasteiger partial charge on any atom is -0.495 e. The van der Waals surface area contributed by atoms with E-state index in [1.165, 1.54) is 11.8 Å². The van der Waals surface area contributed by atoms with E-state index >= 15 is 0 Å². The topological polar surface area (TPSA) is 81.9 Å². The molecule has 2 aromatic carbocycles. The van der Waals surface area contributed by atoms with Crippen molar-refractivity contribution in [1.29, 1.82) is 0 Å². The molecule has 0 spiro atoms. The largest absolute Gasteiger partial charge is 0.495 e. The molecular formula is C22H22ClN5O2S. The van der Waals surface area contributed by atoms with Gasteiger partial charge in [-0.25, -0.2) is 4.98 Å². The Balaban J connectivity index is 1.59. The highest BCUT2D eigenvalue weighted by molar-refractivity contribution is 8.00. The van der Waals surface area contributed by atoms with Crippen LogP contribution in [0.15, 0.2) is 47.6 Å². The molecule has 9 heteroatoms. The van der Waals surface area contributed by atoms with Gasteiger partial charge in [-0.2, -0.15) is 0 Å². The summed E-state index contributed by atoms with van der Waals surface area (Å²) in [6, 6.07) is 13.2. The van der Waals surface area contributed by atoms with Crippen molar-refractivity contribution in [3.05, 3.63) is 47.5 Å². The van der Waals surface area contributed by atoms with Crippen LogP contribution in [0, 0.1) is 0 Å². The van der Waals surface area contributed by atoms with Crippen LogP contribution in [0.5, 0.6) is 5.75 Å². The fraction of sp³-hybridized carbons (Fsp3) is 0.273. The molecule has 4 aromatic rings. The maximum atomic E-state index is 12.8. The number of anilines is 1. The van der Waals surface area contributed by atoms with Gasteiger partial charge < -0.3 is 14.6 Å². The van der Waals surface area contributed by atoms with Gasteiger partial charge in [0, 0.05) is 17.0 Å². The van der Waals surface area contributed by atoms with Crippen LogP contribution in [0.2, 0.25) is 5.02 Å². The number of carbonyl (C=O) groups excluding carboxylic acids is 1. The maximum Gasteiger partial charge on any atom is 0.237 e. The van der Waals surface area contributed by atoms with Crippen LogP contribution in [0.1, 0.15) is 20.3 Å². The maximum absolute atomic E-state index is 12.8. The molecule has 0 saturated heterocycles. The first kappa shape index (κ1) is 21.4. The first-order valence-electron chi connectivity index (χ1n) is 9.94. The molecule has 7 nitrogen and oxygen atoms in total. The number of ether oxygens (including phenoxy) is 1. The van der Waals surface area contributed by atoms with E-state index in [0.29, 0.717) is 21.6 Å². The molecule has 0 saturated carbocycles. The van der Waals surface area contributed by atoms with Gasteiger partial charge in [-0.05, 0) is 37.6 Å². The summed E-state index contributed by atoms with van der Waals surface area (Å²) in [4.78, 5) is 17.5. The number of methoxy groups -OCH3 is 1. The standard InChI is InChI=1S/C22H22ClN5O2S/c1-4-11-28-17-8-6-5-7-15(17)19-20(28)25-22(27-26-19)31-13(2)21(29)24-16-12-14(23)9-10-18(16)30-3/h5-10,12-13H,4,11H2,1-3H3,(H,24,29). The Hall–Kier alpha value is -2.84. The third-order valence-electron chi connectivity index (χ3n) is 4.87. The predicted octanol–water partition coefficient (Wildman–Crippen LogP) is 5.17. The van der Waals surface area contributed by atoms with E-state index in [4.69, 9.17) is 21.3 Å². The summed E-state index contributed by atoms with van der Waals surface area (Å²) in [5.74, 6) is 0.335. The second-order valence-corrected chi connectivity index (χ2v) is 8.77. The number of carbonyl (C=O) groups is 1. The van der Waals surface area contributed by atoms with Crippen molar-refractivity contribution in [2.45, 2.75) is 37.2 Å². The molecule has 2 aromatic heterocycles. The minimum absolute atomic E-state index is 0.205. The SMILES string of the molecule is CCCn1c2ccccc2c2nnc(SC(C)C(=O)Nc3cc(Cl)ccc3OC)nc21. The van der Waals surface area contributed by atoms with Gasteiger partial charge >= 0.3 is 0 Å². The van der Waals surface area contributed by atoms with Crippen molar-refractivity contribution in [3.63, 3.8) is 0 Å². The first-order valence-corrected chi connectivity index (χ1v) is 11.2. The van der Waals surface area contributed by atoms with Gasteiger partial charge in [0.2, 0.25) is 11.1 Å². The van der Waals surface area contributed by atoms with Crippen molar-refractivity contribution in [3.8, 4) is 5.75 Å². The predicted molar refractivity (Wildman–Crippen MR) is 125 cm³/mol. The fourth-order valence-corrected chi connectivity index (χ4v) is 4.29. The molecule has 0 bridgehead atoms. The summed E-state index contributed by atoms with van der Waals surface area (Å²) >= 11 is 7.31. The number of rotatable bonds is 7. The number of thioether (sulfide) groups is 1. The molecule has 31 heavy (non-hydrogen) atoms. The van der Waals surface area contributed by atoms with E-state index in [0.717, 1.165) is 35.0 Å². The van der Waals surface area contributed by atoms with Crippen molar-refractivity contribution >= 4 is 57.0 Å². The van der Waals surface area contributed by atoms with Crippen LogP contribution >= 0.6 is 23.4 Å². The number of nitrogens with one attached hydrogen (secondary N) is 1. The number of nitrogens with zero attached hydrogens (tertiary/aromatic N) is 4. The third-order valence-corrected chi connectivity index (χ3v) is 6.06. The van der Waals surface area contributed by atoms with Crippen LogP contribution in [0.4, 0.5) is 5.69 Å². The molecule has 1 N–H and O–H groups in total. The number of amides is 1. The smallest absolute Gasteiger partial charge is 0.237 e. The second-order valence-electron chi connectivity index (χ2n) is 7.03. The Morgan fingerprint density at radius 1 is 1.26 bits per heavy atom. The summed E-state index contributed by atoms with van der Waals surface area (Å²) in [5.41, 5.74) is 3.16. The van der Waals surface area contributed by atoms with E-state index in [1.807, 2.05) is 18.2 Å². The molecule has 2 heterocycles. The summed E-state index contributed by atoms with van der Waals surface area (Å²) in [6.07, 6.45) is 0.973. The Labute approximate surface area is 189 Å². The van der Waals surface area contributed by atoms with Crippen LogP contribution in [0.25, 0.3) is 22.1 Å². The highest BCUT2D eigenvalue weighted by atomic mass is 35.5. The zero-order chi connectivity index (χ0) is 22.0. The molecule has 1 amide bonds. The molecule has 0 aliphatic carbocycles. The molecule has 0 fully saturated rings. The van der Waals surface area contributed by atoms with Gasteiger partial charge in [0.1, 0.15) is 11.3 Å². The Bertz CT molecular complexity index is 1260. The van der Waals surface area contributed by atoms with Crippen LogP contribution < -0.4 is 10.1 Å². The average Bonchev–Trinajstić information content (AvgIpc) is 3.07. The molecule has 1 atom stereocenters. The van der Waals surface area contributed by atoms with Crippen molar-refractivity contribution in [2.75, 3.05) is 12.4 Å². The molecule has 160 valence electrons. The van der Waals surface area contributed by atoms with Gasteiger partial charge in [0.25, 0.3) is 0 Å². The lowest BCUT2D eigenvalue weighted by molar-refractivity contribution is -0.115. The number of aromatic nitrogens is 4. The number of benzene rings is 2. The monoisotopic (exact) mass is 455 g/mol. The molecule has 4 rings (SSSR count). The Morgan fingerprint density at radius 3 is 2.84 bits per heavy atom. The van der Waals surface area contributed by atoms with E-state index in [9.17, 15) is 4.79 Å². The third kappa shape index (κ3) is 4.31.